The van der Waals surface area contributed by atoms with Gasteiger partial charge in [-0.1, -0.05) is 40.2 Å². The van der Waals surface area contributed by atoms with E-state index >= 15 is 0 Å². The highest BCUT2D eigenvalue weighted by Crippen LogP contribution is 2.38. The SMILES string of the molecule is CC(NC(=O)c1cncn1-c1ccc(-c2cc(C(F)(F)F)cc(C(F)(F)F)c2)cc1)c1ccc(Br)cc1. The summed E-state index contributed by atoms with van der Waals surface area (Å²) in [6.07, 6.45) is -7.13. The molecule has 192 valence electrons. The number of rotatable bonds is 5. The van der Waals surface area contributed by atoms with Gasteiger partial charge in [0.2, 0.25) is 0 Å². The largest absolute Gasteiger partial charge is 0.416 e. The Morgan fingerprint density at radius 2 is 1.43 bits per heavy atom. The molecule has 0 aliphatic rings. The van der Waals surface area contributed by atoms with Crippen LogP contribution in [0.15, 0.2) is 83.7 Å². The van der Waals surface area contributed by atoms with E-state index in [-0.39, 0.29) is 28.9 Å². The third-order valence-corrected chi connectivity index (χ3v) is 6.18. The molecule has 1 amide bonds. The number of aromatic nitrogens is 2. The molecule has 1 atom stereocenters. The number of carbonyl (C=O) groups is 1. The highest BCUT2D eigenvalue weighted by molar-refractivity contribution is 9.10. The first-order valence-corrected chi connectivity index (χ1v) is 11.6. The lowest BCUT2D eigenvalue weighted by Crippen LogP contribution is -2.28. The monoisotopic (exact) mass is 581 g/mol. The third-order valence-electron chi connectivity index (χ3n) is 5.66. The lowest BCUT2D eigenvalue weighted by atomic mass is 9.99. The highest BCUT2D eigenvalue weighted by Gasteiger charge is 2.37. The van der Waals surface area contributed by atoms with Gasteiger partial charge in [0.15, 0.2) is 0 Å². The van der Waals surface area contributed by atoms with Crippen LogP contribution in [0.4, 0.5) is 26.3 Å². The van der Waals surface area contributed by atoms with E-state index in [9.17, 15) is 31.1 Å². The molecule has 0 fully saturated rings. The van der Waals surface area contributed by atoms with Gasteiger partial charge >= 0.3 is 12.4 Å². The van der Waals surface area contributed by atoms with Gasteiger partial charge in [-0.25, -0.2) is 4.98 Å². The highest BCUT2D eigenvalue weighted by atomic mass is 79.9. The zero-order valence-corrected chi connectivity index (χ0v) is 20.6. The molecular formula is C26H18BrF6N3O. The van der Waals surface area contributed by atoms with Crippen LogP contribution in [0, 0.1) is 0 Å². The number of halogens is 7. The Bertz CT molecular complexity index is 1380. The van der Waals surface area contributed by atoms with Gasteiger partial charge in [0.05, 0.1) is 29.7 Å². The Hall–Kier alpha value is -3.60. The Labute approximate surface area is 216 Å². The van der Waals surface area contributed by atoms with Crippen LogP contribution in [-0.4, -0.2) is 15.5 Å². The van der Waals surface area contributed by atoms with E-state index in [1.807, 2.05) is 31.2 Å². The second-order valence-electron chi connectivity index (χ2n) is 8.24. The molecule has 1 aromatic heterocycles. The molecule has 0 saturated carbocycles. The van der Waals surface area contributed by atoms with Crippen molar-refractivity contribution in [1.29, 1.82) is 0 Å². The molecule has 0 radical (unpaired) electrons. The van der Waals surface area contributed by atoms with Gasteiger partial charge in [-0.3, -0.25) is 9.36 Å². The van der Waals surface area contributed by atoms with Crippen molar-refractivity contribution in [2.24, 2.45) is 0 Å². The van der Waals surface area contributed by atoms with E-state index in [1.165, 1.54) is 41.4 Å². The number of amides is 1. The zero-order valence-electron chi connectivity index (χ0n) is 19.0. The van der Waals surface area contributed by atoms with E-state index in [4.69, 9.17) is 0 Å². The summed E-state index contributed by atoms with van der Waals surface area (Å²) in [6.45, 7) is 1.82. The summed E-state index contributed by atoms with van der Waals surface area (Å²) in [4.78, 5) is 16.9. The number of nitrogens with one attached hydrogen (secondary N) is 1. The average molecular weight is 582 g/mol. The van der Waals surface area contributed by atoms with Crippen molar-refractivity contribution in [2.75, 3.05) is 0 Å². The summed E-state index contributed by atoms with van der Waals surface area (Å²) in [5.41, 5.74) is -1.34. The number of hydrogen-bond acceptors (Lipinski definition) is 2. The summed E-state index contributed by atoms with van der Waals surface area (Å²) in [5.74, 6) is -0.412. The lowest BCUT2D eigenvalue weighted by molar-refractivity contribution is -0.143. The van der Waals surface area contributed by atoms with E-state index in [1.54, 1.807) is 0 Å². The van der Waals surface area contributed by atoms with Gasteiger partial charge in [-0.2, -0.15) is 26.3 Å². The van der Waals surface area contributed by atoms with Crippen molar-refractivity contribution < 1.29 is 31.1 Å². The topological polar surface area (TPSA) is 46.9 Å². The minimum Gasteiger partial charge on any atom is -0.344 e. The number of hydrogen-bond donors (Lipinski definition) is 1. The first kappa shape index (κ1) is 26.5. The molecule has 4 rings (SSSR count). The minimum absolute atomic E-state index is 0.0868. The summed E-state index contributed by atoms with van der Waals surface area (Å²) in [7, 11) is 0. The smallest absolute Gasteiger partial charge is 0.344 e. The van der Waals surface area contributed by atoms with E-state index < -0.39 is 29.4 Å². The number of carbonyl (C=O) groups excluding carboxylic acids is 1. The van der Waals surface area contributed by atoms with Gasteiger partial charge in [0, 0.05) is 10.2 Å². The molecule has 11 heteroatoms. The van der Waals surface area contributed by atoms with Crippen molar-refractivity contribution in [1.82, 2.24) is 14.9 Å². The van der Waals surface area contributed by atoms with Crippen LogP contribution in [0.5, 0.6) is 0 Å². The fraction of sp³-hybridized carbons (Fsp3) is 0.154. The van der Waals surface area contributed by atoms with Crippen LogP contribution < -0.4 is 5.32 Å². The predicted molar refractivity (Wildman–Crippen MR) is 129 cm³/mol. The normalized spacial score (nSPS) is 12.9. The lowest BCUT2D eigenvalue weighted by Gasteiger charge is -2.16. The van der Waals surface area contributed by atoms with Crippen molar-refractivity contribution in [3.05, 3.63) is 106 Å². The molecule has 0 spiro atoms. The standard InChI is InChI=1S/C26H18BrF6N3O/c1-15(16-2-6-21(27)7-3-16)35-24(37)23-13-34-14-36(23)22-8-4-17(5-9-22)18-10-19(25(28,29)30)12-20(11-18)26(31,32)33/h2-15H,1H3,(H,35,37). The number of alkyl halides is 6. The molecule has 37 heavy (non-hydrogen) atoms. The first-order valence-electron chi connectivity index (χ1n) is 10.8. The quantitative estimate of drug-likeness (QED) is 0.244. The Kier molecular flexibility index (Phi) is 7.18. The number of benzene rings is 3. The fourth-order valence-corrected chi connectivity index (χ4v) is 3.97. The van der Waals surface area contributed by atoms with E-state index in [0.717, 1.165) is 10.0 Å². The van der Waals surface area contributed by atoms with Gasteiger partial charge in [0.1, 0.15) is 5.69 Å². The molecule has 0 saturated heterocycles. The van der Waals surface area contributed by atoms with E-state index in [2.05, 4.69) is 26.2 Å². The van der Waals surface area contributed by atoms with Crippen molar-refractivity contribution in [2.45, 2.75) is 25.3 Å². The van der Waals surface area contributed by atoms with Crippen LogP contribution >= 0.6 is 15.9 Å². The van der Waals surface area contributed by atoms with Crippen LogP contribution in [0.25, 0.3) is 16.8 Å². The van der Waals surface area contributed by atoms with Crippen molar-refractivity contribution >= 4 is 21.8 Å². The summed E-state index contributed by atoms with van der Waals surface area (Å²) >= 11 is 3.36. The predicted octanol–water partition coefficient (Wildman–Crippen LogP) is 7.83. The maximum absolute atomic E-state index is 13.2. The molecule has 1 unspecified atom stereocenters. The summed E-state index contributed by atoms with van der Waals surface area (Å²) < 4.78 is 81.7. The molecule has 1 heterocycles. The van der Waals surface area contributed by atoms with Crippen molar-refractivity contribution in [3.8, 4) is 16.8 Å². The Morgan fingerprint density at radius 1 is 0.865 bits per heavy atom. The molecule has 0 aliphatic heterocycles. The van der Waals surface area contributed by atoms with Crippen molar-refractivity contribution in [3.63, 3.8) is 0 Å². The number of imidazole rings is 1. The Balaban J connectivity index is 1.60. The van der Waals surface area contributed by atoms with Gasteiger partial charge in [-0.05, 0) is 66.1 Å². The second-order valence-corrected chi connectivity index (χ2v) is 9.15. The summed E-state index contributed by atoms with van der Waals surface area (Å²) in [5, 5.41) is 2.88. The van der Waals surface area contributed by atoms with E-state index in [0.29, 0.717) is 17.8 Å². The molecule has 4 aromatic rings. The Morgan fingerprint density at radius 3 is 1.97 bits per heavy atom. The molecule has 1 N–H and O–H groups in total. The molecular weight excluding hydrogens is 564 g/mol. The van der Waals surface area contributed by atoms with Gasteiger partial charge in [-0.15, -0.1) is 0 Å². The molecule has 0 aliphatic carbocycles. The molecule has 3 aromatic carbocycles. The molecule has 4 nitrogen and oxygen atoms in total. The summed E-state index contributed by atoms with van der Waals surface area (Å²) in [6, 6.07) is 14.3. The van der Waals surface area contributed by atoms with Crippen LogP contribution in [0.2, 0.25) is 0 Å². The first-order chi connectivity index (χ1) is 17.3. The maximum atomic E-state index is 13.2. The zero-order chi connectivity index (χ0) is 27.0. The van der Waals surface area contributed by atoms with Crippen LogP contribution in [0.3, 0.4) is 0 Å². The van der Waals surface area contributed by atoms with Gasteiger partial charge < -0.3 is 5.32 Å². The number of nitrogens with zero attached hydrogens (tertiary/aromatic N) is 2. The van der Waals surface area contributed by atoms with Crippen LogP contribution in [-0.2, 0) is 12.4 Å². The maximum Gasteiger partial charge on any atom is 0.416 e. The van der Waals surface area contributed by atoms with Gasteiger partial charge in [0.25, 0.3) is 5.91 Å². The average Bonchev–Trinajstić information content (AvgIpc) is 3.33. The minimum atomic E-state index is -4.94. The second kappa shape index (κ2) is 10.0. The van der Waals surface area contributed by atoms with Crippen LogP contribution in [0.1, 0.15) is 40.1 Å². The molecule has 0 bridgehead atoms. The fourth-order valence-electron chi connectivity index (χ4n) is 3.71. The third kappa shape index (κ3) is 6.04.